The Kier molecular flexibility index (Phi) is 8.42. The van der Waals surface area contributed by atoms with Gasteiger partial charge in [0, 0.05) is 25.3 Å². The van der Waals surface area contributed by atoms with Gasteiger partial charge in [0.05, 0.1) is 22.9 Å². The van der Waals surface area contributed by atoms with E-state index in [9.17, 15) is 18.0 Å². The molecule has 1 saturated heterocycles. The van der Waals surface area contributed by atoms with Crippen LogP contribution < -0.4 is 4.90 Å². The highest BCUT2D eigenvalue weighted by Gasteiger charge is 2.30. The fourth-order valence-corrected chi connectivity index (χ4v) is 5.75. The maximum atomic E-state index is 13.1. The maximum absolute atomic E-state index is 13.1. The van der Waals surface area contributed by atoms with Gasteiger partial charge in [-0.05, 0) is 62.1 Å². The molecule has 1 amide bonds. The third-order valence-corrected chi connectivity index (χ3v) is 7.59. The molecule has 1 fully saturated rings. The lowest BCUT2D eigenvalue weighted by Gasteiger charge is -2.26. The van der Waals surface area contributed by atoms with Crippen LogP contribution in [0.4, 0.5) is 5.69 Å². The second-order valence-electron chi connectivity index (χ2n) is 8.34. The topological polar surface area (TPSA) is 108 Å². The smallest absolute Gasteiger partial charge is 0.340 e. The number of rotatable bonds is 8. The second-order valence-corrected chi connectivity index (χ2v) is 10.2. The van der Waals surface area contributed by atoms with Crippen molar-refractivity contribution < 1.29 is 22.7 Å². The van der Waals surface area contributed by atoms with Crippen LogP contribution in [0.3, 0.4) is 0 Å². The van der Waals surface area contributed by atoms with Crippen LogP contribution in [0.25, 0.3) is 0 Å². The van der Waals surface area contributed by atoms with Gasteiger partial charge in [-0.1, -0.05) is 24.6 Å². The Morgan fingerprint density at radius 2 is 1.71 bits per heavy atom. The van der Waals surface area contributed by atoms with E-state index in [1.54, 1.807) is 12.1 Å². The number of hydrogen-bond donors (Lipinski definition) is 0. The van der Waals surface area contributed by atoms with Gasteiger partial charge in [-0.2, -0.15) is 9.57 Å². The molecule has 0 aromatic heterocycles. The van der Waals surface area contributed by atoms with Crippen molar-refractivity contribution in [1.29, 1.82) is 5.26 Å². The van der Waals surface area contributed by atoms with Gasteiger partial charge >= 0.3 is 5.97 Å². The van der Waals surface area contributed by atoms with Crippen LogP contribution in [-0.4, -0.2) is 50.8 Å². The highest BCUT2D eigenvalue weighted by Crippen LogP contribution is 2.24. The number of carbonyl (C=O) groups excluding carboxylic acids is 2. The molecule has 180 valence electrons. The number of anilines is 1. The molecule has 0 saturated carbocycles. The fraction of sp³-hybridized carbons (Fsp3) is 0.400. The summed E-state index contributed by atoms with van der Waals surface area (Å²) in [7, 11) is -3.86. The minimum Gasteiger partial charge on any atom is -0.452 e. The molecule has 34 heavy (non-hydrogen) atoms. The molecular formula is C25H29N3O5S. The minimum absolute atomic E-state index is 0.101. The molecule has 1 heterocycles. The number of nitriles is 1. The summed E-state index contributed by atoms with van der Waals surface area (Å²) in [6.45, 7) is 4.21. The van der Waals surface area contributed by atoms with Crippen molar-refractivity contribution in [2.45, 2.75) is 44.4 Å². The van der Waals surface area contributed by atoms with Crippen LogP contribution in [0.1, 0.15) is 47.2 Å². The van der Waals surface area contributed by atoms with Gasteiger partial charge in [0.2, 0.25) is 10.0 Å². The highest BCUT2D eigenvalue weighted by molar-refractivity contribution is 7.89. The Morgan fingerprint density at radius 3 is 2.35 bits per heavy atom. The summed E-state index contributed by atoms with van der Waals surface area (Å²) in [4.78, 5) is 27.1. The van der Waals surface area contributed by atoms with E-state index in [0.717, 1.165) is 30.4 Å². The molecule has 0 atom stereocenters. The number of esters is 1. The van der Waals surface area contributed by atoms with Crippen molar-refractivity contribution in [3.8, 4) is 6.07 Å². The standard InChI is InChI=1S/C25H29N3O5S/c1-19-15-20(2)17-21(16-19)28(14-8-11-26)24(29)18-33-25(30)22-9-4-5-10-23(22)34(31,32)27-12-6-3-7-13-27/h4-5,9-10,15-17H,3,6-8,12-14,18H2,1-2H3. The van der Waals surface area contributed by atoms with Gasteiger partial charge < -0.3 is 9.64 Å². The largest absolute Gasteiger partial charge is 0.452 e. The Balaban J connectivity index is 1.78. The van der Waals surface area contributed by atoms with E-state index in [4.69, 9.17) is 10.00 Å². The monoisotopic (exact) mass is 483 g/mol. The summed E-state index contributed by atoms with van der Waals surface area (Å²) in [6, 6.07) is 13.5. The SMILES string of the molecule is Cc1cc(C)cc(N(CCC#N)C(=O)COC(=O)c2ccccc2S(=O)(=O)N2CCCCC2)c1. The van der Waals surface area contributed by atoms with Gasteiger partial charge in [0.15, 0.2) is 6.61 Å². The number of carbonyl (C=O) groups is 2. The molecule has 3 rings (SSSR count). The average molecular weight is 484 g/mol. The molecule has 0 spiro atoms. The number of amides is 1. The maximum Gasteiger partial charge on any atom is 0.340 e. The molecule has 8 nitrogen and oxygen atoms in total. The zero-order chi connectivity index (χ0) is 24.7. The Morgan fingerprint density at radius 1 is 1.06 bits per heavy atom. The van der Waals surface area contributed by atoms with Crippen LogP contribution >= 0.6 is 0 Å². The van der Waals surface area contributed by atoms with Crippen LogP contribution in [0.2, 0.25) is 0 Å². The van der Waals surface area contributed by atoms with E-state index >= 15 is 0 Å². The van der Waals surface area contributed by atoms with Crippen molar-refractivity contribution >= 4 is 27.6 Å². The van der Waals surface area contributed by atoms with Gasteiger partial charge in [-0.25, -0.2) is 13.2 Å². The lowest BCUT2D eigenvalue weighted by atomic mass is 10.1. The fourth-order valence-electron chi connectivity index (χ4n) is 4.05. The molecule has 2 aromatic rings. The number of benzene rings is 2. The first kappa shape index (κ1) is 25.4. The van der Waals surface area contributed by atoms with Gasteiger partial charge in [-0.3, -0.25) is 4.79 Å². The van der Waals surface area contributed by atoms with Crippen molar-refractivity contribution in [3.63, 3.8) is 0 Å². The van der Waals surface area contributed by atoms with Gasteiger partial charge in [-0.15, -0.1) is 0 Å². The zero-order valence-corrected chi connectivity index (χ0v) is 20.3. The highest BCUT2D eigenvalue weighted by atomic mass is 32.2. The van der Waals surface area contributed by atoms with E-state index < -0.39 is 28.5 Å². The molecule has 0 N–H and O–H groups in total. The third kappa shape index (κ3) is 6.01. The number of sulfonamides is 1. The minimum atomic E-state index is -3.86. The van der Waals surface area contributed by atoms with Crippen LogP contribution in [0.5, 0.6) is 0 Å². The number of piperidine rings is 1. The average Bonchev–Trinajstić information content (AvgIpc) is 2.82. The molecule has 0 radical (unpaired) electrons. The van der Waals surface area contributed by atoms with Crippen molar-refractivity contribution in [2.75, 3.05) is 31.1 Å². The van der Waals surface area contributed by atoms with Crippen molar-refractivity contribution in [2.24, 2.45) is 0 Å². The predicted molar refractivity (Wildman–Crippen MR) is 128 cm³/mol. The number of hydrogen-bond acceptors (Lipinski definition) is 6. The molecule has 0 unspecified atom stereocenters. The Bertz CT molecular complexity index is 1180. The normalized spacial score (nSPS) is 14.3. The second kappa shape index (κ2) is 11.3. The van der Waals surface area contributed by atoms with Gasteiger partial charge in [0.1, 0.15) is 0 Å². The first-order valence-corrected chi connectivity index (χ1v) is 12.7. The Hall–Kier alpha value is -3.22. The molecule has 2 aromatic carbocycles. The Labute approximate surface area is 200 Å². The van der Waals surface area contributed by atoms with Crippen LogP contribution in [-0.2, 0) is 19.6 Å². The molecule has 1 aliphatic heterocycles. The molecular weight excluding hydrogens is 454 g/mol. The zero-order valence-electron chi connectivity index (χ0n) is 19.5. The lowest BCUT2D eigenvalue weighted by Crippen LogP contribution is -2.37. The lowest BCUT2D eigenvalue weighted by molar-refractivity contribution is -0.121. The van der Waals surface area contributed by atoms with Crippen LogP contribution in [0.15, 0.2) is 47.4 Å². The summed E-state index contributed by atoms with van der Waals surface area (Å²) >= 11 is 0. The molecule has 0 aliphatic carbocycles. The molecule has 0 bridgehead atoms. The summed E-state index contributed by atoms with van der Waals surface area (Å²) in [6.07, 6.45) is 2.64. The molecule has 1 aliphatic rings. The van der Waals surface area contributed by atoms with Crippen LogP contribution in [0, 0.1) is 25.2 Å². The number of aryl methyl sites for hydroxylation is 2. The summed E-state index contributed by atoms with van der Waals surface area (Å²) in [5.41, 5.74) is 2.43. The van der Waals surface area contributed by atoms with E-state index in [1.807, 2.05) is 38.1 Å². The van der Waals surface area contributed by atoms with Crippen molar-refractivity contribution in [1.82, 2.24) is 4.31 Å². The van der Waals surface area contributed by atoms with E-state index in [1.165, 1.54) is 21.3 Å². The van der Waals surface area contributed by atoms with Crippen molar-refractivity contribution in [3.05, 3.63) is 59.2 Å². The third-order valence-electron chi connectivity index (χ3n) is 5.63. The number of ether oxygens (including phenoxy) is 1. The predicted octanol–water partition coefficient (Wildman–Crippen LogP) is 3.58. The van der Waals surface area contributed by atoms with Gasteiger partial charge in [0.25, 0.3) is 5.91 Å². The summed E-state index contributed by atoms with van der Waals surface area (Å²) in [5, 5.41) is 9.00. The first-order valence-electron chi connectivity index (χ1n) is 11.3. The molecule has 9 heteroatoms. The summed E-state index contributed by atoms with van der Waals surface area (Å²) < 4.78 is 32.9. The number of nitrogens with zero attached hydrogens (tertiary/aromatic N) is 3. The van der Waals surface area contributed by atoms with E-state index in [0.29, 0.717) is 18.8 Å². The first-order chi connectivity index (χ1) is 16.2. The van der Waals surface area contributed by atoms with E-state index in [-0.39, 0.29) is 23.4 Å². The quantitative estimate of drug-likeness (QED) is 0.531. The van der Waals surface area contributed by atoms with E-state index in [2.05, 4.69) is 0 Å². The summed E-state index contributed by atoms with van der Waals surface area (Å²) in [5.74, 6) is -1.38.